The Labute approximate surface area is 175 Å². The number of aryl methyl sites for hydroxylation is 1. The van der Waals surface area contributed by atoms with Crippen LogP contribution >= 0.6 is 0 Å². The minimum atomic E-state index is -0.894. The average Bonchev–Trinajstić information content (AvgIpc) is 2.91. The largest absolute Gasteiger partial charge is 0.496 e. The number of hydrogen-bond donors (Lipinski definition) is 1. The fourth-order valence-corrected chi connectivity index (χ4v) is 4.63. The smallest absolute Gasteiger partial charge is 0.222 e. The molecule has 4 rings (SSSR count). The van der Waals surface area contributed by atoms with Gasteiger partial charge in [-0.15, -0.1) is 0 Å². The van der Waals surface area contributed by atoms with Gasteiger partial charge in [0.2, 0.25) is 5.91 Å². The third-order valence-corrected chi connectivity index (χ3v) is 6.02. The van der Waals surface area contributed by atoms with Crippen molar-refractivity contribution in [2.75, 3.05) is 33.4 Å². The number of nitrogens with zero attached hydrogens (tertiary/aromatic N) is 1. The minimum Gasteiger partial charge on any atom is -0.496 e. The van der Waals surface area contributed by atoms with Crippen LogP contribution in [0.1, 0.15) is 29.0 Å². The number of benzene rings is 2. The summed E-state index contributed by atoms with van der Waals surface area (Å²) in [5, 5.41) is 3.04. The van der Waals surface area contributed by atoms with E-state index in [9.17, 15) is 13.6 Å². The summed E-state index contributed by atoms with van der Waals surface area (Å²) in [6.45, 7) is 3.84. The van der Waals surface area contributed by atoms with Crippen LogP contribution in [0.15, 0.2) is 36.4 Å². The summed E-state index contributed by atoms with van der Waals surface area (Å²) in [6.07, 6.45) is 0.236. The Hall–Kier alpha value is -2.51. The molecule has 2 aliphatic heterocycles. The molecule has 160 valence electrons. The number of rotatable bonds is 4. The molecule has 30 heavy (non-hydrogen) atoms. The van der Waals surface area contributed by atoms with Crippen LogP contribution in [0, 0.1) is 18.6 Å². The number of carbonyl (C=O) groups is 1. The molecule has 2 fully saturated rings. The first kappa shape index (κ1) is 20.8. The Kier molecular flexibility index (Phi) is 5.75. The molecule has 1 amide bonds. The van der Waals surface area contributed by atoms with Gasteiger partial charge in [0.05, 0.1) is 25.9 Å². The van der Waals surface area contributed by atoms with Crippen LogP contribution in [0.3, 0.4) is 0 Å². The van der Waals surface area contributed by atoms with Crippen LogP contribution in [-0.4, -0.2) is 49.8 Å². The van der Waals surface area contributed by atoms with E-state index in [1.165, 1.54) is 18.2 Å². The quantitative estimate of drug-likeness (QED) is 0.832. The molecule has 2 aliphatic rings. The number of nitrogens with one attached hydrogen (secondary N) is 1. The monoisotopic (exact) mass is 416 g/mol. The highest BCUT2D eigenvalue weighted by Crippen LogP contribution is 2.40. The summed E-state index contributed by atoms with van der Waals surface area (Å²) >= 11 is 0. The van der Waals surface area contributed by atoms with Gasteiger partial charge in [-0.3, -0.25) is 9.69 Å². The van der Waals surface area contributed by atoms with Crippen LogP contribution in [0.2, 0.25) is 0 Å². The van der Waals surface area contributed by atoms with Gasteiger partial charge < -0.3 is 14.8 Å². The fraction of sp³-hybridized carbons (Fsp3) is 0.435. The molecule has 0 saturated carbocycles. The second-order valence-electron chi connectivity index (χ2n) is 8.18. The lowest BCUT2D eigenvalue weighted by molar-refractivity contribution is -0.122. The lowest BCUT2D eigenvalue weighted by Crippen LogP contribution is -2.55. The summed E-state index contributed by atoms with van der Waals surface area (Å²) in [5.74, 6) is -1.17. The second-order valence-corrected chi connectivity index (χ2v) is 8.18. The highest BCUT2D eigenvalue weighted by molar-refractivity contribution is 5.77. The van der Waals surface area contributed by atoms with Crippen molar-refractivity contribution < 1.29 is 23.0 Å². The van der Waals surface area contributed by atoms with Crippen molar-refractivity contribution in [1.82, 2.24) is 10.2 Å². The van der Waals surface area contributed by atoms with Crippen molar-refractivity contribution >= 4 is 5.91 Å². The van der Waals surface area contributed by atoms with E-state index in [0.717, 1.165) is 16.9 Å². The first-order chi connectivity index (χ1) is 14.4. The minimum absolute atomic E-state index is 0.00155. The van der Waals surface area contributed by atoms with E-state index >= 15 is 0 Å². The molecular weight excluding hydrogens is 390 g/mol. The number of halogens is 2. The molecule has 0 bridgehead atoms. The Morgan fingerprint density at radius 2 is 2.03 bits per heavy atom. The lowest BCUT2D eigenvalue weighted by Gasteiger charge is -2.34. The molecule has 2 aromatic carbocycles. The fourth-order valence-electron chi connectivity index (χ4n) is 4.63. The Morgan fingerprint density at radius 1 is 1.27 bits per heavy atom. The summed E-state index contributed by atoms with van der Waals surface area (Å²) in [5.41, 5.74) is 1.17. The maximum Gasteiger partial charge on any atom is 0.222 e. The first-order valence-corrected chi connectivity index (χ1v) is 10.1. The molecule has 2 saturated heterocycles. The van der Waals surface area contributed by atoms with Crippen molar-refractivity contribution in [2.24, 2.45) is 0 Å². The normalized spacial score (nSPS) is 24.7. The molecule has 0 aliphatic carbocycles. The van der Waals surface area contributed by atoms with Gasteiger partial charge in [0.1, 0.15) is 17.4 Å². The molecule has 2 heterocycles. The maximum absolute atomic E-state index is 14.7. The van der Waals surface area contributed by atoms with Crippen molar-refractivity contribution in [3.63, 3.8) is 0 Å². The second kappa shape index (κ2) is 8.32. The number of likely N-dealkylation sites (tertiary alicyclic amines) is 1. The Bertz CT molecular complexity index is 932. The van der Waals surface area contributed by atoms with Gasteiger partial charge in [-0.1, -0.05) is 18.2 Å². The van der Waals surface area contributed by atoms with Gasteiger partial charge in [0, 0.05) is 43.1 Å². The molecule has 2 atom stereocenters. The standard InChI is InChI=1S/C23H26F2N2O3/c1-15-6-7-16(20(10-15)29-2)11-27-12-17(22-18(24)4-3-5-19(22)25)23(13-27)14-30-9-8-21(28)26-23/h3-7,10,17H,8-9,11-14H2,1-2H3,(H,26,28)/t17-,23-/m0/s1. The molecule has 7 heteroatoms. The van der Waals surface area contributed by atoms with Gasteiger partial charge >= 0.3 is 0 Å². The Morgan fingerprint density at radius 3 is 2.77 bits per heavy atom. The Balaban J connectivity index is 1.70. The van der Waals surface area contributed by atoms with Crippen LogP contribution in [-0.2, 0) is 16.1 Å². The molecule has 0 radical (unpaired) electrons. The van der Waals surface area contributed by atoms with E-state index in [4.69, 9.17) is 9.47 Å². The SMILES string of the molecule is COc1cc(C)ccc1CN1C[C@@H](c2c(F)cccc2F)[C@@]2(COCCC(=O)N2)C1. The van der Waals surface area contributed by atoms with Gasteiger partial charge in [-0.05, 0) is 30.7 Å². The predicted molar refractivity (Wildman–Crippen MR) is 108 cm³/mol. The van der Waals surface area contributed by atoms with E-state index in [1.54, 1.807) is 7.11 Å². The predicted octanol–water partition coefficient (Wildman–Crippen LogP) is 3.16. The molecule has 1 spiro atoms. The van der Waals surface area contributed by atoms with E-state index in [0.29, 0.717) is 26.2 Å². The molecule has 5 nitrogen and oxygen atoms in total. The van der Waals surface area contributed by atoms with Crippen LogP contribution in [0.25, 0.3) is 0 Å². The highest BCUT2D eigenvalue weighted by Gasteiger charge is 2.51. The van der Waals surface area contributed by atoms with Crippen molar-refractivity contribution in [3.05, 3.63) is 64.7 Å². The van der Waals surface area contributed by atoms with Gasteiger partial charge in [0.25, 0.3) is 0 Å². The lowest BCUT2D eigenvalue weighted by atomic mass is 9.81. The molecule has 2 aromatic rings. The summed E-state index contributed by atoms with van der Waals surface area (Å²) in [7, 11) is 1.63. The van der Waals surface area contributed by atoms with Crippen molar-refractivity contribution in [1.29, 1.82) is 0 Å². The maximum atomic E-state index is 14.7. The van der Waals surface area contributed by atoms with Crippen molar-refractivity contribution in [3.8, 4) is 5.75 Å². The molecular formula is C23H26F2N2O3. The zero-order chi connectivity index (χ0) is 21.3. The zero-order valence-corrected chi connectivity index (χ0v) is 17.2. The number of methoxy groups -OCH3 is 1. The third-order valence-electron chi connectivity index (χ3n) is 6.02. The number of carbonyl (C=O) groups excluding carboxylic acids is 1. The van der Waals surface area contributed by atoms with Crippen molar-refractivity contribution in [2.45, 2.75) is 31.3 Å². The highest BCUT2D eigenvalue weighted by atomic mass is 19.1. The van der Waals surface area contributed by atoms with E-state index in [2.05, 4.69) is 10.2 Å². The summed E-state index contributed by atoms with van der Waals surface area (Å²) < 4.78 is 40.7. The summed E-state index contributed by atoms with van der Waals surface area (Å²) in [4.78, 5) is 14.5. The number of hydrogen-bond acceptors (Lipinski definition) is 4. The topological polar surface area (TPSA) is 50.8 Å². The average molecular weight is 416 g/mol. The molecule has 0 aromatic heterocycles. The number of amides is 1. The number of ether oxygens (including phenoxy) is 2. The van der Waals surface area contributed by atoms with Gasteiger partial charge in [0.15, 0.2) is 0 Å². The van der Waals surface area contributed by atoms with Crippen LogP contribution < -0.4 is 10.1 Å². The third kappa shape index (κ3) is 3.91. The molecule has 0 unspecified atom stereocenters. The van der Waals surface area contributed by atoms with Crippen LogP contribution in [0.5, 0.6) is 5.75 Å². The van der Waals surface area contributed by atoms with Gasteiger partial charge in [-0.2, -0.15) is 0 Å². The van der Waals surface area contributed by atoms with E-state index in [1.807, 2.05) is 25.1 Å². The van der Waals surface area contributed by atoms with E-state index < -0.39 is 23.1 Å². The van der Waals surface area contributed by atoms with Gasteiger partial charge in [-0.25, -0.2) is 8.78 Å². The van der Waals surface area contributed by atoms with E-state index in [-0.39, 0.29) is 24.5 Å². The summed E-state index contributed by atoms with van der Waals surface area (Å²) in [6, 6.07) is 9.85. The van der Waals surface area contributed by atoms with Crippen LogP contribution in [0.4, 0.5) is 8.78 Å². The molecule has 1 N–H and O–H groups in total. The first-order valence-electron chi connectivity index (χ1n) is 10.1. The zero-order valence-electron chi connectivity index (χ0n) is 17.2.